The number of nitrogens with one attached hydrogen (secondary N) is 2. The number of hydrogen-bond donors (Lipinski definition) is 3. The zero-order chi connectivity index (χ0) is 13.1. The standard InChI is InChI=1S/C13H16N2O3/c1-14-12(16)9-4-6-10(7-5-9)15-11(13(17)18)8-2-3-8/h4-8,11,15H,2-3H2,1H3,(H,14,16)(H,17,18)/t11-/m1/s1. The molecule has 0 bridgehead atoms. The predicted molar refractivity (Wildman–Crippen MR) is 67.6 cm³/mol. The van der Waals surface area contributed by atoms with Gasteiger partial charge in [-0.1, -0.05) is 0 Å². The molecule has 1 fully saturated rings. The number of amides is 1. The van der Waals surface area contributed by atoms with Crippen molar-refractivity contribution >= 4 is 17.6 Å². The van der Waals surface area contributed by atoms with E-state index in [1.807, 2.05) is 0 Å². The number of anilines is 1. The lowest BCUT2D eigenvalue weighted by Gasteiger charge is -2.15. The molecule has 0 aliphatic heterocycles. The summed E-state index contributed by atoms with van der Waals surface area (Å²) in [5.74, 6) is -0.757. The topological polar surface area (TPSA) is 78.4 Å². The van der Waals surface area contributed by atoms with Crippen LogP contribution < -0.4 is 10.6 Å². The van der Waals surface area contributed by atoms with Gasteiger partial charge in [-0.25, -0.2) is 4.79 Å². The van der Waals surface area contributed by atoms with E-state index in [2.05, 4.69) is 10.6 Å². The van der Waals surface area contributed by atoms with E-state index < -0.39 is 12.0 Å². The number of carbonyl (C=O) groups excluding carboxylic acids is 1. The average molecular weight is 248 g/mol. The van der Waals surface area contributed by atoms with Crippen LogP contribution in [0.4, 0.5) is 5.69 Å². The Morgan fingerprint density at radius 3 is 2.33 bits per heavy atom. The van der Waals surface area contributed by atoms with Gasteiger partial charge >= 0.3 is 5.97 Å². The van der Waals surface area contributed by atoms with Gasteiger partial charge in [0.2, 0.25) is 0 Å². The monoisotopic (exact) mass is 248 g/mol. The fourth-order valence-corrected chi connectivity index (χ4v) is 1.85. The molecule has 0 aromatic heterocycles. The summed E-state index contributed by atoms with van der Waals surface area (Å²) in [5, 5.41) is 14.6. The fraction of sp³-hybridized carbons (Fsp3) is 0.385. The lowest BCUT2D eigenvalue weighted by atomic mass is 10.1. The second-order valence-corrected chi connectivity index (χ2v) is 4.45. The summed E-state index contributed by atoms with van der Waals surface area (Å²) in [6.45, 7) is 0. The first-order valence-electron chi connectivity index (χ1n) is 5.93. The van der Waals surface area contributed by atoms with E-state index >= 15 is 0 Å². The molecule has 0 radical (unpaired) electrons. The minimum Gasteiger partial charge on any atom is -0.480 e. The first-order valence-corrected chi connectivity index (χ1v) is 5.93. The largest absolute Gasteiger partial charge is 0.480 e. The van der Waals surface area contributed by atoms with Crippen LogP contribution in [-0.4, -0.2) is 30.1 Å². The molecule has 96 valence electrons. The zero-order valence-electron chi connectivity index (χ0n) is 10.1. The zero-order valence-corrected chi connectivity index (χ0v) is 10.1. The molecule has 0 heterocycles. The summed E-state index contributed by atoms with van der Waals surface area (Å²) in [5.41, 5.74) is 1.28. The molecule has 1 aromatic rings. The fourth-order valence-electron chi connectivity index (χ4n) is 1.85. The van der Waals surface area contributed by atoms with Crippen molar-refractivity contribution in [3.8, 4) is 0 Å². The van der Waals surface area contributed by atoms with Crippen molar-refractivity contribution in [1.29, 1.82) is 0 Å². The highest BCUT2D eigenvalue weighted by molar-refractivity contribution is 5.94. The highest BCUT2D eigenvalue weighted by atomic mass is 16.4. The van der Waals surface area contributed by atoms with Gasteiger partial charge in [0.15, 0.2) is 0 Å². The molecule has 5 heteroatoms. The first kappa shape index (κ1) is 12.4. The molecule has 0 spiro atoms. The number of carboxylic acid groups (broad SMARTS) is 1. The van der Waals surface area contributed by atoms with Gasteiger partial charge in [0, 0.05) is 18.3 Å². The van der Waals surface area contributed by atoms with E-state index in [0.29, 0.717) is 5.56 Å². The van der Waals surface area contributed by atoms with Crippen molar-refractivity contribution in [3.05, 3.63) is 29.8 Å². The molecule has 5 nitrogen and oxygen atoms in total. The van der Waals surface area contributed by atoms with Gasteiger partial charge < -0.3 is 15.7 Å². The van der Waals surface area contributed by atoms with Crippen LogP contribution in [0.25, 0.3) is 0 Å². The Morgan fingerprint density at radius 1 is 1.28 bits per heavy atom. The Morgan fingerprint density at radius 2 is 1.89 bits per heavy atom. The quantitative estimate of drug-likeness (QED) is 0.734. The Bertz CT molecular complexity index is 452. The predicted octanol–water partition coefficient (Wildman–Crippen LogP) is 1.32. The third-order valence-electron chi connectivity index (χ3n) is 3.06. The number of hydrogen-bond acceptors (Lipinski definition) is 3. The Hall–Kier alpha value is -2.04. The molecule has 0 saturated heterocycles. The van der Waals surface area contributed by atoms with E-state index in [0.717, 1.165) is 18.5 Å². The summed E-state index contributed by atoms with van der Waals surface area (Å²) in [6, 6.07) is 6.27. The summed E-state index contributed by atoms with van der Waals surface area (Å²) >= 11 is 0. The van der Waals surface area contributed by atoms with E-state index in [-0.39, 0.29) is 11.8 Å². The van der Waals surface area contributed by atoms with Crippen molar-refractivity contribution < 1.29 is 14.7 Å². The van der Waals surface area contributed by atoms with Crippen molar-refractivity contribution in [2.24, 2.45) is 5.92 Å². The average Bonchev–Trinajstić information content (AvgIpc) is 3.19. The minimum absolute atomic E-state index is 0.154. The van der Waals surface area contributed by atoms with Crippen LogP contribution in [0.2, 0.25) is 0 Å². The van der Waals surface area contributed by atoms with Crippen molar-refractivity contribution in [3.63, 3.8) is 0 Å². The van der Waals surface area contributed by atoms with Crippen LogP contribution in [0.5, 0.6) is 0 Å². The molecule has 1 saturated carbocycles. The highest BCUT2D eigenvalue weighted by Gasteiger charge is 2.36. The maximum Gasteiger partial charge on any atom is 0.326 e. The SMILES string of the molecule is CNC(=O)c1ccc(N[C@@H](C(=O)O)C2CC2)cc1. The molecule has 1 atom stereocenters. The summed E-state index contributed by atoms with van der Waals surface area (Å²) < 4.78 is 0. The molecule has 18 heavy (non-hydrogen) atoms. The van der Waals surface area contributed by atoms with E-state index in [1.54, 1.807) is 31.3 Å². The normalized spacial score (nSPS) is 15.8. The number of aliphatic carboxylic acids is 1. The van der Waals surface area contributed by atoms with Crippen LogP contribution in [0, 0.1) is 5.92 Å². The summed E-state index contributed by atoms with van der Waals surface area (Å²) in [7, 11) is 1.57. The van der Waals surface area contributed by atoms with Gasteiger partial charge in [0.1, 0.15) is 6.04 Å². The number of carboxylic acids is 1. The van der Waals surface area contributed by atoms with Crippen LogP contribution in [-0.2, 0) is 4.79 Å². The van der Waals surface area contributed by atoms with Gasteiger partial charge in [0.05, 0.1) is 0 Å². The smallest absolute Gasteiger partial charge is 0.326 e. The van der Waals surface area contributed by atoms with Crippen LogP contribution in [0.3, 0.4) is 0 Å². The van der Waals surface area contributed by atoms with Crippen LogP contribution >= 0.6 is 0 Å². The summed E-state index contributed by atoms with van der Waals surface area (Å²) in [6.07, 6.45) is 1.92. The molecular formula is C13H16N2O3. The molecule has 1 aromatic carbocycles. The van der Waals surface area contributed by atoms with E-state index in [1.165, 1.54) is 0 Å². The molecule has 0 unspecified atom stereocenters. The third-order valence-corrected chi connectivity index (χ3v) is 3.06. The van der Waals surface area contributed by atoms with E-state index in [4.69, 9.17) is 5.11 Å². The molecule has 1 aliphatic carbocycles. The molecule has 1 aliphatic rings. The second-order valence-electron chi connectivity index (χ2n) is 4.45. The third kappa shape index (κ3) is 2.80. The first-order chi connectivity index (χ1) is 8.61. The van der Waals surface area contributed by atoms with Gasteiger partial charge in [-0.2, -0.15) is 0 Å². The van der Waals surface area contributed by atoms with Gasteiger partial charge in [-0.05, 0) is 43.0 Å². The molecule has 1 amide bonds. The van der Waals surface area contributed by atoms with Crippen LogP contribution in [0.15, 0.2) is 24.3 Å². The lowest BCUT2D eigenvalue weighted by molar-refractivity contribution is -0.138. The minimum atomic E-state index is -0.826. The maximum atomic E-state index is 11.3. The van der Waals surface area contributed by atoms with Gasteiger partial charge in [0.25, 0.3) is 5.91 Å². The van der Waals surface area contributed by atoms with Gasteiger partial charge in [-0.15, -0.1) is 0 Å². The van der Waals surface area contributed by atoms with Crippen LogP contribution in [0.1, 0.15) is 23.2 Å². The molecular weight excluding hydrogens is 232 g/mol. The highest BCUT2D eigenvalue weighted by Crippen LogP contribution is 2.34. The lowest BCUT2D eigenvalue weighted by Crippen LogP contribution is -2.31. The Kier molecular flexibility index (Phi) is 3.50. The number of rotatable bonds is 5. The number of carbonyl (C=O) groups is 2. The van der Waals surface area contributed by atoms with Gasteiger partial charge in [-0.3, -0.25) is 4.79 Å². The maximum absolute atomic E-state index is 11.3. The van der Waals surface area contributed by atoms with Crippen molar-refractivity contribution in [2.45, 2.75) is 18.9 Å². The Labute approximate surface area is 105 Å². The Balaban J connectivity index is 2.05. The second kappa shape index (κ2) is 5.08. The summed E-state index contributed by atoms with van der Waals surface area (Å²) in [4.78, 5) is 22.4. The number of benzene rings is 1. The molecule has 2 rings (SSSR count). The molecule has 3 N–H and O–H groups in total. The van der Waals surface area contributed by atoms with E-state index in [9.17, 15) is 9.59 Å². The van der Waals surface area contributed by atoms with Crippen molar-refractivity contribution in [2.75, 3.05) is 12.4 Å². The van der Waals surface area contributed by atoms with Crippen molar-refractivity contribution in [1.82, 2.24) is 5.32 Å².